The number of ether oxygens (including phenoxy) is 1. The van der Waals surface area contributed by atoms with Gasteiger partial charge < -0.3 is 9.26 Å². The fourth-order valence-electron chi connectivity index (χ4n) is 6.89. The van der Waals surface area contributed by atoms with Crippen molar-refractivity contribution in [2.24, 2.45) is 29.1 Å². The second-order valence-corrected chi connectivity index (χ2v) is 9.51. The Labute approximate surface area is 165 Å². The molecule has 2 fully saturated rings. The molecule has 0 aromatic heterocycles. The lowest BCUT2D eigenvalue weighted by Crippen LogP contribution is -2.45. The zero-order valence-corrected chi connectivity index (χ0v) is 18.0. The number of esters is 1. The van der Waals surface area contributed by atoms with Crippen LogP contribution in [-0.2, 0) is 16.0 Å². The molecule has 0 heterocycles. The Bertz CT molecular complexity index is 718. The second kappa shape index (κ2) is 7.39. The molecule has 3 nitrogen and oxygen atoms in total. The Morgan fingerprint density at radius 2 is 2.11 bits per heavy atom. The van der Waals surface area contributed by atoms with Gasteiger partial charge in [0.15, 0.2) is 0 Å². The molecule has 4 rings (SSSR count). The van der Waals surface area contributed by atoms with Gasteiger partial charge in [-0.15, -0.1) is 0 Å². The lowest BCUT2D eigenvalue weighted by molar-refractivity contribution is -0.145. The minimum Gasteiger partial charge on any atom is -0.480 e. The third kappa shape index (κ3) is 3.20. The molecule has 0 N–H and O–H groups in total. The molecule has 0 spiro atoms. The lowest BCUT2D eigenvalue weighted by Gasteiger charge is -2.53. The average Bonchev–Trinajstić information content (AvgIpc) is 2.97. The van der Waals surface area contributed by atoms with Crippen molar-refractivity contribution in [2.45, 2.75) is 65.2 Å². The molecule has 27 heavy (non-hydrogen) atoms. The number of hydrogen-bond donors (Lipinski definition) is 0. The van der Waals surface area contributed by atoms with Gasteiger partial charge in [0.2, 0.25) is 0 Å². The van der Waals surface area contributed by atoms with Crippen LogP contribution in [0, 0.1) is 29.1 Å². The molecule has 2 saturated carbocycles. The number of hydrogen-bond acceptors (Lipinski definition) is 3. The molecule has 1 aromatic rings. The van der Waals surface area contributed by atoms with E-state index in [9.17, 15) is 4.79 Å². The third-order valence-corrected chi connectivity index (χ3v) is 8.37. The van der Waals surface area contributed by atoms with Gasteiger partial charge >= 0.3 is 5.97 Å². The maximum atomic E-state index is 12.2. The zero-order valence-electron chi connectivity index (χ0n) is 16.9. The number of carbonyl (C=O) groups excluding carboxylic acids is 1. The Morgan fingerprint density at radius 3 is 2.85 bits per heavy atom. The van der Waals surface area contributed by atoms with Gasteiger partial charge in [0.1, 0.15) is 5.75 Å². The highest BCUT2D eigenvalue weighted by Gasteiger charge is 2.56. The summed E-state index contributed by atoms with van der Waals surface area (Å²) in [7, 11) is 2.36. The van der Waals surface area contributed by atoms with E-state index in [1.807, 2.05) is 6.92 Å². The normalized spacial score (nSPS) is 37.1. The molecule has 3 aliphatic rings. The quantitative estimate of drug-likeness (QED) is 0.503. The van der Waals surface area contributed by atoms with Crippen LogP contribution < -0.4 is 4.52 Å². The molecule has 0 radical (unpaired) electrons. The smallest absolute Gasteiger partial charge is 0.306 e. The summed E-state index contributed by atoms with van der Waals surface area (Å²) in [5.41, 5.74) is 3.33. The summed E-state index contributed by atoms with van der Waals surface area (Å²) in [6.07, 6.45) is 6.69. The Hall–Kier alpha value is -1.08. The zero-order chi connectivity index (χ0) is 19.2. The SMILES string of the molecule is CCOC(=O)C[C@H]1CCC2C3C(C)Cc4cc(OP)ccc4C3CCC21C. The van der Waals surface area contributed by atoms with Gasteiger partial charge in [0, 0.05) is 6.42 Å². The van der Waals surface area contributed by atoms with E-state index in [4.69, 9.17) is 9.26 Å². The van der Waals surface area contributed by atoms with Gasteiger partial charge in [-0.3, -0.25) is 4.79 Å². The van der Waals surface area contributed by atoms with Crippen molar-refractivity contribution >= 4 is 15.4 Å². The van der Waals surface area contributed by atoms with Crippen LogP contribution in [0.3, 0.4) is 0 Å². The molecule has 6 unspecified atom stereocenters. The summed E-state index contributed by atoms with van der Waals surface area (Å²) in [5.74, 6) is 4.26. The Kier molecular flexibility index (Phi) is 5.27. The maximum absolute atomic E-state index is 12.2. The highest BCUT2D eigenvalue weighted by molar-refractivity contribution is 7.10. The summed E-state index contributed by atoms with van der Waals surface area (Å²) >= 11 is 0. The van der Waals surface area contributed by atoms with Crippen molar-refractivity contribution in [1.29, 1.82) is 0 Å². The van der Waals surface area contributed by atoms with Crippen LogP contribution in [0.1, 0.15) is 69.9 Å². The minimum atomic E-state index is -0.00139. The van der Waals surface area contributed by atoms with Gasteiger partial charge in [-0.1, -0.05) is 19.9 Å². The summed E-state index contributed by atoms with van der Waals surface area (Å²) in [6.45, 7) is 7.31. The predicted molar refractivity (Wildman–Crippen MR) is 111 cm³/mol. The van der Waals surface area contributed by atoms with Gasteiger partial charge in [0.05, 0.1) is 16.1 Å². The highest BCUT2D eigenvalue weighted by atomic mass is 31.0. The van der Waals surface area contributed by atoms with E-state index >= 15 is 0 Å². The molecule has 7 atom stereocenters. The van der Waals surface area contributed by atoms with Crippen LogP contribution in [0.2, 0.25) is 0 Å². The maximum Gasteiger partial charge on any atom is 0.306 e. The van der Waals surface area contributed by atoms with Crippen LogP contribution in [0.5, 0.6) is 5.75 Å². The number of rotatable bonds is 4. The molecule has 0 saturated heterocycles. The molecular formula is C23H33O3P. The first-order valence-electron chi connectivity index (χ1n) is 10.6. The summed E-state index contributed by atoms with van der Waals surface area (Å²) in [5, 5.41) is 0. The van der Waals surface area contributed by atoms with Crippen molar-refractivity contribution in [2.75, 3.05) is 6.61 Å². The van der Waals surface area contributed by atoms with E-state index in [0.29, 0.717) is 36.2 Å². The van der Waals surface area contributed by atoms with Crippen LogP contribution in [0.15, 0.2) is 18.2 Å². The molecule has 4 heteroatoms. The first kappa shape index (κ1) is 19.2. The molecule has 148 valence electrons. The largest absolute Gasteiger partial charge is 0.480 e. The average molecular weight is 388 g/mol. The van der Waals surface area contributed by atoms with E-state index in [0.717, 1.165) is 24.0 Å². The third-order valence-electron chi connectivity index (χ3n) is 8.10. The topological polar surface area (TPSA) is 35.5 Å². The van der Waals surface area contributed by atoms with E-state index < -0.39 is 0 Å². The van der Waals surface area contributed by atoms with Crippen LogP contribution in [0.4, 0.5) is 0 Å². The first-order valence-corrected chi connectivity index (χ1v) is 11.1. The lowest BCUT2D eigenvalue weighted by atomic mass is 9.51. The monoisotopic (exact) mass is 388 g/mol. The van der Waals surface area contributed by atoms with Crippen molar-refractivity contribution < 1.29 is 14.1 Å². The fourth-order valence-corrected chi connectivity index (χ4v) is 7.04. The van der Waals surface area contributed by atoms with Crippen molar-refractivity contribution in [3.8, 4) is 5.75 Å². The van der Waals surface area contributed by atoms with Gasteiger partial charge in [-0.2, -0.15) is 0 Å². The van der Waals surface area contributed by atoms with E-state index in [1.165, 1.54) is 31.2 Å². The Morgan fingerprint density at radius 1 is 1.30 bits per heavy atom. The van der Waals surface area contributed by atoms with Crippen LogP contribution in [0.25, 0.3) is 0 Å². The summed E-state index contributed by atoms with van der Waals surface area (Å²) in [6, 6.07) is 6.66. The summed E-state index contributed by atoms with van der Waals surface area (Å²) in [4.78, 5) is 12.2. The van der Waals surface area contributed by atoms with Crippen molar-refractivity contribution in [3.05, 3.63) is 29.3 Å². The van der Waals surface area contributed by atoms with Gasteiger partial charge in [-0.05, 0) is 97.3 Å². The van der Waals surface area contributed by atoms with E-state index in [2.05, 4.69) is 41.5 Å². The van der Waals surface area contributed by atoms with E-state index in [1.54, 1.807) is 5.56 Å². The number of carbonyl (C=O) groups is 1. The minimum absolute atomic E-state index is 0.00139. The van der Waals surface area contributed by atoms with Gasteiger partial charge in [0.25, 0.3) is 0 Å². The number of benzene rings is 1. The molecule has 3 aliphatic carbocycles. The van der Waals surface area contributed by atoms with Gasteiger partial charge in [-0.25, -0.2) is 0 Å². The molecule has 0 amide bonds. The summed E-state index contributed by atoms with van der Waals surface area (Å²) < 4.78 is 10.7. The molecular weight excluding hydrogens is 355 g/mol. The second-order valence-electron chi connectivity index (χ2n) is 9.28. The Balaban J connectivity index is 1.60. The highest BCUT2D eigenvalue weighted by Crippen LogP contribution is 2.64. The fraction of sp³-hybridized carbons (Fsp3) is 0.696. The number of fused-ring (bicyclic) bond motifs is 5. The van der Waals surface area contributed by atoms with Crippen molar-refractivity contribution in [3.63, 3.8) is 0 Å². The van der Waals surface area contributed by atoms with Crippen LogP contribution >= 0.6 is 9.47 Å². The van der Waals surface area contributed by atoms with E-state index in [-0.39, 0.29) is 5.97 Å². The molecule has 0 bridgehead atoms. The first-order chi connectivity index (χ1) is 13.0. The molecule has 1 aromatic carbocycles. The molecule has 0 aliphatic heterocycles. The van der Waals surface area contributed by atoms with Crippen LogP contribution in [-0.4, -0.2) is 12.6 Å². The predicted octanol–water partition coefficient (Wildman–Crippen LogP) is 5.53. The van der Waals surface area contributed by atoms with Crippen molar-refractivity contribution in [1.82, 2.24) is 0 Å². The standard InChI is InChI=1S/C23H33O3P/c1-4-25-21(24)13-16-5-8-20-22-14(2)11-15-12-17(26-27)6-7-18(15)19(22)9-10-23(16,20)3/h6-7,12,14,16,19-20,22H,4-5,8-11,13,27H2,1-3H3/t14?,16-,19?,20?,22?,23?/m1/s1.